The van der Waals surface area contributed by atoms with Crippen molar-refractivity contribution in [1.82, 2.24) is 14.7 Å². The number of pyridine rings is 1. The number of anilines is 1. The lowest BCUT2D eigenvalue weighted by molar-refractivity contribution is 0.380. The lowest BCUT2D eigenvalue weighted by Gasteiger charge is -2.02. The van der Waals surface area contributed by atoms with Crippen molar-refractivity contribution in [3.63, 3.8) is 0 Å². The second-order valence-corrected chi connectivity index (χ2v) is 4.56. The molecule has 3 aromatic rings. The Kier molecular flexibility index (Phi) is 3.78. The van der Waals surface area contributed by atoms with Gasteiger partial charge in [-0.15, -0.1) is 0 Å². The molecular weight excluding hydrogens is 282 g/mol. The first-order chi connectivity index (χ1) is 10.7. The Morgan fingerprint density at radius 1 is 1.18 bits per heavy atom. The number of rotatable bonds is 4. The molecule has 1 aromatic carbocycles. The molecule has 0 amide bonds. The highest BCUT2D eigenvalue weighted by Crippen LogP contribution is 2.18. The number of hydrogen-bond acceptors (Lipinski definition) is 6. The molecule has 3 rings (SSSR count). The second-order valence-electron chi connectivity index (χ2n) is 4.56. The Balaban J connectivity index is 1.71. The Labute approximate surface area is 125 Å². The molecule has 22 heavy (non-hydrogen) atoms. The molecule has 2 aromatic heterocycles. The molecule has 2 heterocycles. The first-order valence-corrected chi connectivity index (χ1v) is 6.56. The molecule has 0 unspecified atom stereocenters. The van der Waals surface area contributed by atoms with Gasteiger partial charge in [-0.2, -0.15) is 5.10 Å². The zero-order valence-corrected chi connectivity index (χ0v) is 11.8. The van der Waals surface area contributed by atoms with Crippen LogP contribution in [-0.2, 0) is 7.05 Å². The number of benzene rings is 1. The van der Waals surface area contributed by atoms with E-state index in [1.165, 1.54) is 4.57 Å². The summed E-state index contributed by atoms with van der Waals surface area (Å²) in [4.78, 5) is 15.2. The Bertz CT molecular complexity index is 834. The highest BCUT2D eigenvalue weighted by molar-refractivity contribution is 5.79. The van der Waals surface area contributed by atoms with Crippen LogP contribution in [0, 0.1) is 0 Å². The normalized spacial score (nSPS) is 11.0. The van der Waals surface area contributed by atoms with Crippen LogP contribution in [0.3, 0.4) is 0 Å². The second kappa shape index (κ2) is 6.04. The van der Waals surface area contributed by atoms with E-state index < -0.39 is 5.76 Å². The molecule has 0 spiro atoms. The minimum atomic E-state index is -0.487. The van der Waals surface area contributed by atoms with E-state index in [2.05, 4.69) is 25.2 Å². The highest BCUT2D eigenvalue weighted by Gasteiger charge is 2.08. The van der Waals surface area contributed by atoms with E-state index >= 15 is 0 Å². The van der Waals surface area contributed by atoms with Crippen LogP contribution >= 0.6 is 0 Å². The third kappa shape index (κ3) is 2.93. The average molecular weight is 295 g/mol. The molecule has 0 radical (unpaired) electrons. The zero-order chi connectivity index (χ0) is 15.4. The van der Waals surface area contributed by atoms with Crippen molar-refractivity contribution in [2.75, 3.05) is 5.43 Å². The van der Waals surface area contributed by atoms with Crippen molar-refractivity contribution in [3.05, 3.63) is 64.9 Å². The van der Waals surface area contributed by atoms with E-state index in [4.69, 9.17) is 0 Å². The summed E-state index contributed by atoms with van der Waals surface area (Å²) >= 11 is 0. The Morgan fingerprint density at radius 3 is 2.55 bits per heavy atom. The van der Waals surface area contributed by atoms with Crippen LogP contribution in [0.15, 0.2) is 63.2 Å². The Morgan fingerprint density at radius 2 is 1.91 bits per heavy atom. The third-order valence-electron chi connectivity index (χ3n) is 3.06. The molecule has 0 atom stereocenters. The van der Waals surface area contributed by atoms with E-state index in [1.807, 2.05) is 36.4 Å². The number of aromatic nitrogens is 3. The van der Waals surface area contributed by atoms with Crippen molar-refractivity contribution >= 4 is 11.9 Å². The fourth-order valence-electron chi connectivity index (χ4n) is 1.86. The summed E-state index contributed by atoms with van der Waals surface area (Å²) in [5, 5.41) is 7.88. The van der Waals surface area contributed by atoms with Gasteiger partial charge in [-0.05, 0) is 42.0 Å². The van der Waals surface area contributed by atoms with Crippen LogP contribution < -0.4 is 11.2 Å². The van der Waals surface area contributed by atoms with Gasteiger partial charge in [0.2, 0.25) is 0 Å². The van der Waals surface area contributed by atoms with Crippen LogP contribution in [0.5, 0.6) is 0 Å². The summed E-state index contributed by atoms with van der Waals surface area (Å²) in [5.74, 6) is -0.00371. The zero-order valence-electron chi connectivity index (χ0n) is 11.8. The SMILES string of the molecule is Cn1c(-c2ccc(N/N=C/c3ccncc3)cc2)noc1=O. The van der Waals surface area contributed by atoms with Gasteiger partial charge in [-0.1, -0.05) is 5.16 Å². The summed E-state index contributed by atoms with van der Waals surface area (Å²) in [6.07, 6.45) is 5.12. The first kappa shape index (κ1) is 13.7. The molecule has 0 bridgehead atoms. The van der Waals surface area contributed by atoms with E-state index in [9.17, 15) is 4.79 Å². The quantitative estimate of drug-likeness (QED) is 0.586. The third-order valence-corrected chi connectivity index (χ3v) is 3.06. The van der Waals surface area contributed by atoms with Crippen molar-refractivity contribution < 1.29 is 4.52 Å². The van der Waals surface area contributed by atoms with Gasteiger partial charge in [0.25, 0.3) is 0 Å². The van der Waals surface area contributed by atoms with Gasteiger partial charge in [0, 0.05) is 25.0 Å². The van der Waals surface area contributed by atoms with Crippen molar-refractivity contribution in [3.8, 4) is 11.4 Å². The maximum Gasteiger partial charge on any atom is 0.441 e. The molecule has 0 saturated carbocycles. The molecule has 0 aliphatic rings. The molecule has 1 N–H and O–H groups in total. The van der Waals surface area contributed by atoms with E-state index in [1.54, 1.807) is 25.7 Å². The number of hydrazone groups is 1. The molecule has 0 fully saturated rings. The van der Waals surface area contributed by atoms with Gasteiger partial charge in [-0.25, -0.2) is 4.79 Å². The molecule has 0 aliphatic carbocycles. The van der Waals surface area contributed by atoms with Crippen LogP contribution in [0.25, 0.3) is 11.4 Å². The largest absolute Gasteiger partial charge is 0.441 e. The fraction of sp³-hybridized carbons (Fsp3) is 0.0667. The highest BCUT2D eigenvalue weighted by atomic mass is 16.5. The fourth-order valence-corrected chi connectivity index (χ4v) is 1.86. The van der Waals surface area contributed by atoms with Gasteiger partial charge in [0.1, 0.15) is 0 Å². The lowest BCUT2D eigenvalue weighted by atomic mass is 10.2. The van der Waals surface area contributed by atoms with Gasteiger partial charge in [-0.3, -0.25) is 19.5 Å². The van der Waals surface area contributed by atoms with Gasteiger partial charge in [0.05, 0.1) is 11.9 Å². The monoisotopic (exact) mass is 295 g/mol. The maximum absolute atomic E-state index is 11.3. The van der Waals surface area contributed by atoms with Crippen LogP contribution in [0.4, 0.5) is 5.69 Å². The van der Waals surface area contributed by atoms with Crippen LogP contribution in [0.1, 0.15) is 5.56 Å². The summed E-state index contributed by atoms with van der Waals surface area (Å²) < 4.78 is 5.96. The average Bonchev–Trinajstić information content (AvgIpc) is 2.89. The van der Waals surface area contributed by atoms with E-state index in [0.717, 1.165) is 16.8 Å². The van der Waals surface area contributed by atoms with Gasteiger partial charge in [0.15, 0.2) is 5.82 Å². The number of nitrogens with one attached hydrogen (secondary N) is 1. The summed E-state index contributed by atoms with van der Waals surface area (Å²) in [7, 11) is 1.61. The molecule has 0 aliphatic heterocycles. The van der Waals surface area contributed by atoms with Crippen LogP contribution in [0.2, 0.25) is 0 Å². The standard InChI is InChI=1S/C15H13N5O2/c1-20-14(19-22-15(20)21)12-2-4-13(5-3-12)18-17-10-11-6-8-16-9-7-11/h2-10,18H,1H3/b17-10+. The Hall–Kier alpha value is -3.22. The predicted molar refractivity (Wildman–Crippen MR) is 82.6 cm³/mol. The minimum absolute atomic E-state index is 0.483. The number of nitrogens with zero attached hydrogens (tertiary/aromatic N) is 4. The van der Waals surface area contributed by atoms with Crippen molar-refractivity contribution in [1.29, 1.82) is 0 Å². The van der Waals surface area contributed by atoms with Gasteiger partial charge < -0.3 is 0 Å². The van der Waals surface area contributed by atoms with Crippen LogP contribution in [-0.4, -0.2) is 20.9 Å². The molecule has 0 saturated heterocycles. The first-order valence-electron chi connectivity index (χ1n) is 6.56. The summed E-state index contributed by atoms with van der Waals surface area (Å²) in [6.45, 7) is 0. The van der Waals surface area contributed by atoms with E-state index in [0.29, 0.717) is 5.82 Å². The summed E-state index contributed by atoms with van der Waals surface area (Å²) in [6, 6.07) is 11.1. The molecule has 110 valence electrons. The van der Waals surface area contributed by atoms with Gasteiger partial charge >= 0.3 is 5.76 Å². The van der Waals surface area contributed by atoms with E-state index in [-0.39, 0.29) is 0 Å². The van der Waals surface area contributed by atoms with Crippen molar-refractivity contribution in [2.24, 2.45) is 12.1 Å². The predicted octanol–water partition coefficient (Wildman–Crippen LogP) is 1.88. The lowest BCUT2D eigenvalue weighted by Crippen LogP contribution is -2.10. The number of hydrogen-bond donors (Lipinski definition) is 1. The topological polar surface area (TPSA) is 85.3 Å². The smallest absolute Gasteiger partial charge is 0.295 e. The van der Waals surface area contributed by atoms with Crippen molar-refractivity contribution in [2.45, 2.75) is 0 Å². The minimum Gasteiger partial charge on any atom is -0.295 e. The molecular formula is C15H13N5O2. The molecule has 7 heteroatoms. The summed E-state index contributed by atoms with van der Waals surface area (Å²) in [5.41, 5.74) is 5.49. The maximum atomic E-state index is 11.3. The molecule has 7 nitrogen and oxygen atoms in total.